The highest BCUT2D eigenvalue weighted by molar-refractivity contribution is 6.28. The Bertz CT molecular complexity index is 788. The lowest BCUT2D eigenvalue weighted by Gasteiger charge is -2.24. The molecule has 7 heteroatoms. The van der Waals surface area contributed by atoms with Gasteiger partial charge < -0.3 is 4.74 Å². The molecule has 0 saturated heterocycles. The van der Waals surface area contributed by atoms with E-state index in [2.05, 4.69) is 9.97 Å². The summed E-state index contributed by atoms with van der Waals surface area (Å²) < 4.78 is 18.6. The summed E-state index contributed by atoms with van der Waals surface area (Å²) in [4.78, 5) is 22.3. The molecular weight excluding hydrogens is 333 g/mol. The van der Waals surface area contributed by atoms with Crippen molar-refractivity contribution in [1.29, 1.82) is 0 Å². The summed E-state index contributed by atoms with van der Waals surface area (Å²) >= 11 is 6.01. The molecule has 0 N–H and O–H groups in total. The Morgan fingerprint density at radius 3 is 2.50 bits per heavy atom. The summed E-state index contributed by atoms with van der Waals surface area (Å²) in [6, 6.07) is 5.98. The molecule has 2 aromatic rings. The van der Waals surface area contributed by atoms with Crippen LogP contribution in [0, 0.1) is 5.82 Å². The van der Waals surface area contributed by atoms with Crippen molar-refractivity contribution >= 4 is 17.7 Å². The second-order valence-electron chi connectivity index (χ2n) is 6.61. The Labute approximate surface area is 144 Å². The first-order valence-electron chi connectivity index (χ1n) is 7.52. The number of carbonyl (C=O) groups excluding carboxylic acids is 1. The predicted molar refractivity (Wildman–Crippen MR) is 87.9 cm³/mol. The number of halogens is 2. The molecule has 1 amide bonds. The molecule has 1 aromatic heterocycles. The summed E-state index contributed by atoms with van der Waals surface area (Å²) in [6.45, 7) is 6.08. The van der Waals surface area contributed by atoms with Gasteiger partial charge in [0.2, 0.25) is 5.28 Å². The number of rotatable bonds is 1. The van der Waals surface area contributed by atoms with Gasteiger partial charge in [-0.2, -0.15) is 0 Å². The number of fused-ring (bicyclic) bond motifs is 1. The van der Waals surface area contributed by atoms with Crippen molar-refractivity contribution in [3.8, 4) is 11.3 Å². The molecule has 126 valence electrons. The minimum Gasteiger partial charge on any atom is -0.444 e. The third-order valence-electron chi connectivity index (χ3n) is 3.52. The standard InChI is InChI=1S/C17H17ClFN3O2/c1-17(2,3)24-16(23)22-8-12-13(9-22)20-15(18)21-14(12)10-4-6-11(19)7-5-10/h4-7H,8-9H2,1-3H3. The van der Waals surface area contributed by atoms with Crippen LogP contribution in [0.4, 0.5) is 9.18 Å². The van der Waals surface area contributed by atoms with E-state index in [1.165, 1.54) is 12.1 Å². The molecular formula is C17H17ClFN3O2. The minimum absolute atomic E-state index is 0.0964. The average molecular weight is 350 g/mol. The van der Waals surface area contributed by atoms with Gasteiger partial charge >= 0.3 is 6.09 Å². The van der Waals surface area contributed by atoms with E-state index in [0.29, 0.717) is 24.5 Å². The maximum absolute atomic E-state index is 13.2. The predicted octanol–water partition coefficient (Wildman–Crippen LogP) is 4.19. The molecule has 2 heterocycles. The second-order valence-corrected chi connectivity index (χ2v) is 6.95. The van der Waals surface area contributed by atoms with Gasteiger partial charge in [-0.05, 0) is 56.6 Å². The highest BCUT2D eigenvalue weighted by Gasteiger charge is 2.31. The molecule has 0 saturated carbocycles. The van der Waals surface area contributed by atoms with Crippen molar-refractivity contribution in [2.75, 3.05) is 0 Å². The van der Waals surface area contributed by atoms with Gasteiger partial charge in [0.15, 0.2) is 0 Å². The van der Waals surface area contributed by atoms with Crippen LogP contribution in [0.1, 0.15) is 32.0 Å². The lowest BCUT2D eigenvalue weighted by Crippen LogP contribution is -2.33. The number of aromatic nitrogens is 2. The molecule has 0 radical (unpaired) electrons. The van der Waals surface area contributed by atoms with Crippen molar-refractivity contribution in [2.45, 2.75) is 39.5 Å². The first-order chi connectivity index (χ1) is 11.2. The number of carbonyl (C=O) groups is 1. The van der Waals surface area contributed by atoms with Crippen molar-refractivity contribution in [3.05, 3.63) is 46.6 Å². The van der Waals surface area contributed by atoms with Crippen LogP contribution in [0.5, 0.6) is 0 Å². The molecule has 3 rings (SSSR count). The third kappa shape index (κ3) is 3.48. The van der Waals surface area contributed by atoms with E-state index in [4.69, 9.17) is 16.3 Å². The molecule has 0 spiro atoms. The van der Waals surface area contributed by atoms with Crippen LogP contribution in [0.25, 0.3) is 11.3 Å². The Morgan fingerprint density at radius 2 is 1.88 bits per heavy atom. The van der Waals surface area contributed by atoms with E-state index in [1.807, 2.05) is 20.8 Å². The molecule has 0 unspecified atom stereocenters. The largest absolute Gasteiger partial charge is 0.444 e. The fraction of sp³-hybridized carbons (Fsp3) is 0.353. The first kappa shape index (κ1) is 16.6. The van der Waals surface area contributed by atoms with Crippen molar-refractivity contribution < 1.29 is 13.9 Å². The van der Waals surface area contributed by atoms with Gasteiger partial charge in [-0.1, -0.05) is 0 Å². The summed E-state index contributed by atoms with van der Waals surface area (Å²) in [7, 11) is 0. The smallest absolute Gasteiger partial charge is 0.410 e. The van der Waals surface area contributed by atoms with Crippen molar-refractivity contribution in [3.63, 3.8) is 0 Å². The first-order valence-corrected chi connectivity index (χ1v) is 7.90. The topological polar surface area (TPSA) is 55.3 Å². The van der Waals surface area contributed by atoms with Gasteiger partial charge in [-0.15, -0.1) is 0 Å². The zero-order valence-corrected chi connectivity index (χ0v) is 14.4. The summed E-state index contributed by atoms with van der Waals surface area (Å²) in [5.41, 5.74) is 2.24. The second kappa shape index (κ2) is 6.02. The molecule has 1 aliphatic heterocycles. The molecule has 0 bridgehead atoms. The maximum atomic E-state index is 13.2. The van der Waals surface area contributed by atoms with Gasteiger partial charge in [0.05, 0.1) is 24.5 Å². The van der Waals surface area contributed by atoms with Gasteiger partial charge in [0.1, 0.15) is 11.4 Å². The fourth-order valence-corrected chi connectivity index (χ4v) is 2.71. The highest BCUT2D eigenvalue weighted by atomic mass is 35.5. The van der Waals surface area contributed by atoms with E-state index in [-0.39, 0.29) is 11.1 Å². The van der Waals surface area contributed by atoms with Crippen LogP contribution in [0.15, 0.2) is 24.3 Å². The quantitative estimate of drug-likeness (QED) is 0.724. The van der Waals surface area contributed by atoms with E-state index < -0.39 is 11.7 Å². The van der Waals surface area contributed by atoms with Crippen LogP contribution in [0.2, 0.25) is 5.28 Å². The third-order valence-corrected chi connectivity index (χ3v) is 3.69. The van der Waals surface area contributed by atoms with Gasteiger partial charge in [-0.3, -0.25) is 4.90 Å². The molecule has 1 aromatic carbocycles. The molecule has 0 fully saturated rings. The molecule has 0 atom stereocenters. The lowest BCUT2D eigenvalue weighted by molar-refractivity contribution is 0.0241. The van der Waals surface area contributed by atoms with Crippen molar-refractivity contribution in [2.24, 2.45) is 0 Å². The number of benzene rings is 1. The fourth-order valence-electron chi connectivity index (χ4n) is 2.53. The SMILES string of the molecule is CC(C)(C)OC(=O)N1Cc2nc(Cl)nc(-c3ccc(F)cc3)c2C1. The van der Waals surface area contributed by atoms with E-state index in [9.17, 15) is 9.18 Å². The maximum Gasteiger partial charge on any atom is 0.410 e. The van der Waals surface area contributed by atoms with E-state index >= 15 is 0 Å². The number of amides is 1. The van der Waals surface area contributed by atoms with Crippen LogP contribution >= 0.6 is 11.6 Å². The highest BCUT2D eigenvalue weighted by Crippen LogP contribution is 2.32. The van der Waals surface area contributed by atoms with Crippen LogP contribution in [-0.2, 0) is 17.8 Å². The zero-order chi connectivity index (χ0) is 17.5. The van der Waals surface area contributed by atoms with E-state index in [1.54, 1.807) is 17.0 Å². The number of nitrogens with zero attached hydrogens (tertiary/aromatic N) is 3. The van der Waals surface area contributed by atoms with Crippen molar-refractivity contribution in [1.82, 2.24) is 14.9 Å². The molecule has 24 heavy (non-hydrogen) atoms. The minimum atomic E-state index is -0.574. The normalized spacial score (nSPS) is 13.8. The van der Waals surface area contributed by atoms with Crippen LogP contribution in [0.3, 0.4) is 0 Å². The Kier molecular flexibility index (Phi) is 4.17. The Hall–Kier alpha value is -2.21. The van der Waals surface area contributed by atoms with Gasteiger partial charge in [0, 0.05) is 11.1 Å². The number of ether oxygens (including phenoxy) is 1. The number of hydrogen-bond donors (Lipinski definition) is 0. The van der Waals surface area contributed by atoms with Crippen LogP contribution < -0.4 is 0 Å². The summed E-state index contributed by atoms with van der Waals surface area (Å²) in [5, 5.41) is 0.0964. The molecule has 5 nitrogen and oxygen atoms in total. The van der Waals surface area contributed by atoms with Crippen LogP contribution in [-0.4, -0.2) is 26.6 Å². The summed E-state index contributed by atoms with van der Waals surface area (Å²) in [6.07, 6.45) is -0.415. The van der Waals surface area contributed by atoms with Gasteiger partial charge in [0.25, 0.3) is 0 Å². The zero-order valence-electron chi connectivity index (χ0n) is 13.6. The Balaban J connectivity index is 1.93. The Morgan fingerprint density at radius 1 is 1.21 bits per heavy atom. The molecule has 1 aliphatic rings. The number of hydrogen-bond acceptors (Lipinski definition) is 4. The lowest BCUT2D eigenvalue weighted by atomic mass is 10.1. The molecule has 0 aliphatic carbocycles. The average Bonchev–Trinajstić information content (AvgIpc) is 2.89. The monoisotopic (exact) mass is 349 g/mol. The summed E-state index contributed by atoms with van der Waals surface area (Å²) in [5.74, 6) is -0.328. The van der Waals surface area contributed by atoms with Gasteiger partial charge in [-0.25, -0.2) is 19.2 Å². The van der Waals surface area contributed by atoms with E-state index in [0.717, 1.165) is 11.1 Å².